The Bertz CT molecular complexity index is 2500. The van der Waals surface area contributed by atoms with E-state index in [-0.39, 0.29) is 63.3 Å². The Morgan fingerprint density at radius 1 is 0.667 bits per heavy atom. The molecule has 0 saturated carbocycles. The van der Waals surface area contributed by atoms with Gasteiger partial charge in [-0.25, -0.2) is 0 Å². The molecule has 3 aliphatic heterocycles. The zero-order chi connectivity index (χ0) is 50.7. The van der Waals surface area contributed by atoms with Crippen LogP contribution in [-0.2, 0) is 81.2 Å². The van der Waals surface area contributed by atoms with E-state index in [1.54, 1.807) is 6.08 Å². The SMILES string of the molecule is C=CCO[C@H]1O[C@H](COCc2ccccc2)[C@@H](O[C@@H]2O[C@@H]3COC(c4ccccc4)O[C@H]3[C@H](O[Si](C)(C)C(C)(C)C)[C@@H]2OCc2ccc3ccccc3c2)[C@H](OCc2ccccc2)[C@@H]1OC(=O)CCC(C)=O. The Labute approximate surface area is 425 Å². The van der Waals surface area contributed by atoms with Crippen molar-refractivity contribution in [3.8, 4) is 0 Å². The summed E-state index contributed by atoms with van der Waals surface area (Å²) in [6.07, 6.45) is -8.72. The van der Waals surface area contributed by atoms with Gasteiger partial charge in [-0.05, 0) is 58.6 Å². The van der Waals surface area contributed by atoms with Gasteiger partial charge in [0, 0.05) is 12.0 Å². The van der Waals surface area contributed by atoms with Crippen molar-refractivity contribution in [2.24, 2.45) is 0 Å². The second-order valence-electron chi connectivity index (χ2n) is 20.2. The summed E-state index contributed by atoms with van der Waals surface area (Å²) in [6.45, 7) is 17.1. The number of ether oxygens (including phenoxy) is 10. The molecule has 0 bridgehead atoms. The lowest BCUT2D eigenvalue weighted by Crippen LogP contribution is -2.68. The zero-order valence-corrected chi connectivity index (χ0v) is 43.3. The average molecular weight is 1000 g/mol. The third kappa shape index (κ3) is 13.8. The fourth-order valence-corrected chi connectivity index (χ4v) is 10.2. The van der Waals surface area contributed by atoms with E-state index in [0.717, 1.165) is 33.0 Å². The van der Waals surface area contributed by atoms with E-state index >= 15 is 0 Å². The van der Waals surface area contributed by atoms with E-state index in [9.17, 15) is 9.59 Å². The molecule has 11 atom stereocenters. The van der Waals surface area contributed by atoms with Gasteiger partial charge in [-0.15, -0.1) is 6.58 Å². The van der Waals surface area contributed by atoms with Gasteiger partial charge in [0.1, 0.15) is 48.5 Å². The van der Waals surface area contributed by atoms with Crippen molar-refractivity contribution in [1.82, 2.24) is 0 Å². The molecule has 384 valence electrons. The fourth-order valence-electron chi connectivity index (χ4n) is 8.85. The summed E-state index contributed by atoms with van der Waals surface area (Å²) >= 11 is 0. The molecule has 0 amide bonds. The second-order valence-corrected chi connectivity index (χ2v) is 25.0. The molecule has 0 aromatic heterocycles. The maximum Gasteiger partial charge on any atom is 0.306 e. The van der Waals surface area contributed by atoms with Crippen LogP contribution in [0.1, 0.15) is 69.1 Å². The number of benzene rings is 5. The minimum atomic E-state index is -2.62. The van der Waals surface area contributed by atoms with Crippen LogP contribution in [0.3, 0.4) is 0 Å². The normalized spacial score (nSPS) is 26.7. The molecular formula is C58H70O13Si. The predicted molar refractivity (Wildman–Crippen MR) is 274 cm³/mol. The van der Waals surface area contributed by atoms with E-state index in [0.29, 0.717) is 0 Å². The van der Waals surface area contributed by atoms with Crippen LogP contribution in [0.25, 0.3) is 10.8 Å². The van der Waals surface area contributed by atoms with Crippen molar-refractivity contribution in [3.05, 3.63) is 168 Å². The van der Waals surface area contributed by atoms with E-state index in [1.807, 2.05) is 103 Å². The average Bonchev–Trinajstić information content (AvgIpc) is 3.38. The monoisotopic (exact) mass is 1000 g/mol. The van der Waals surface area contributed by atoms with Gasteiger partial charge in [-0.2, -0.15) is 0 Å². The molecule has 1 unspecified atom stereocenters. The van der Waals surface area contributed by atoms with Crippen LogP contribution in [0.2, 0.25) is 18.1 Å². The maximum absolute atomic E-state index is 13.7. The number of esters is 1. The largest absolute Gasteiger partial charge is 0.454 e. The third-order valence-corrected chi connectivity index (χ3v) is 18.2. The molecule has 0 N–H and O–H groups in total. The highest BCUT2D eigenvalue weighted by Crippen LogP contribution is 2.44. The van der Waals surface area contributed by atoms with E-state index in [1.165, 1.54) is 6.92 Å². The summed E-state index contributed by atoms with van der Waals surface area (Å²) in [7, 11) is -2.62. The number of hydrogen-bond donors (Lipinski definition) is 0. The van der Waals surface area contributed by atoms with Gasteiger partial charge < -0.3 is 56.6 Å². The van der Waals surface area contributed by atoms with Crippen molar-refractivity contribution >= 4 is 30.8 Å². The second kappa shape index (κ2) is 24.9. The summed E-state index contributed by atoms with van der Waals surface area (Å²) in [5, 5.41) is 1.98. The lowest BCUT2D eigenvalue weighted by atomic mass is 9.95. The lowest BCUT2D eigenvalue weighted by molar-refractivity contribution is -0.390. The van der Waals surface area contributed by atoms with Crippen LogP contribution in [0.5, 0.6) is 0 Å². The van der Waals surface area contributed by atoms with Crippen LogP contribution < -0.4 is 0 Å². The molecule has 0 spiro atoms. The highest BCUT2D eigenvalue weighted by molar-refractivity contribution is 6.74. The molecular weight excluding hydrogens is 933 g/mol. The van der Waals surface area contributed by atoms with Gasteiger partial charge >= 0.3 is 5.97 Å². The first-order valence-electron chi connectivity index (χ1n) is 25.0. The molecule has 3 saturated heterocycles. The lowest BCUT2D eigenvalue weighted by Gasteiger charge is -2.53. The van der Waals surface area contributed by atoms with Gasteiger partial charge in [-0.1, -0.05) is 154 Å². The summed E-state index contributed by atoms with van der Waals surface area (Å²) in [5.41, 5.74) is 3.63. The highest BCUT2D eigenvalue weighted by atomic mass is 28.4. The van der Waals surface area contributed by atoms with Gasteiger partial charge in [0.15, 0.2) is 33.3 Å². The first-order valence-corrected chi connectivity index (χ1v) is 27.9. The predicted octanol–water partition coefficient (Wildman–Crippen LogP) is 10.4. The Morgan fingerprint density at radius 2 is 1.31 bits per heavy atom. The smallest absolute Gasteiger partial charge is 0.306 e. The van der Waals surface area contributed by atoms with Gasteiger partial charge in [0.2, 0.25) is 0 Å². The highest BCUT2D eigenvalue weighted by Gasteiger charge is 2.58. The van der Waals surface area contributed by atoms with Crippen molar-refractivity contribution < 1.29 is 61.4 Å². The summed E-state index contributed by atoms with van der Waals surface area (Å²) < 4.78 is 75.2. The van der Waals surface area contributed by atoms with Crippen molar-refractivity contribution in [2.75, 3.05) is 19.8 Å². The molecule has 13 nitrogen and oxygen atoms in total. The molecule has 3 aliphatic rings. The van der Waals surface area contributed by atoms with E-state index < -0.39 is 82.0 Å². The molecule has 72 heavy (non-hydrogen) atoms. The van der Waals surface area contributed by atoms with Crippen molar-refractivity contribution in [2.45, 2.75) is 146 Å². The quantitative estimate of drug-likeness (QED) is 0.0370. The summed E-state index contributed by atoms with van der Waals surface area (Å²) in [6, 6.07) is 43.8. The first kappa shape index (κ1) is 53.4. The number of rotatable bonds is 22. The Balaban J connectivity index is 1.21. The van der Waals surface area contributed by atoms with E-state index in [2.05, 4.69) is 70.8 Å². The molecule has 0 aliphatic carbocycles. The Morgan fingerprint density at radius 3 is 1.99 bits per heavy atom. The summed E-state index contributed by atoms with van der Waals surface area (Å²) in [5.74, 6) is -0.778. The third-order valence-electron chi connectivity index (χ3n) is 13.7. The topological polar surface area (TPSA) is 136 Å². The van der Waals surface area contributed by atoms with Crippen LogP contribution in [0.4, 0.5) is 0 Å². The first-order chi connectivity index (χ1) is 34.8. The fraction of sp³-hybridized carbons (Fsp3) is 0.448. The van der Waals surface area contributed by atoms with Gasteiger partial charge in [-0.3, -0.25) is 4.79 Å². The molecule has 3 heterocycles. The molecule has 5 aromatic carbocycles. The number of fused-ring (bicyclic) bond motifs is 2. The molecule has 5 aromatic rings. The Kier molecular flexibility index (Phi) is 18.4. The maximum atomic E-state index is 13.7. The Hall–Kier alpha value is -4.94. The number of carbonyl (C=O) groups excluding carboxylic acids is 2. The standard InChI is InChI=1S/C58H70O13Si/c1-8-32-62-56-54(68-48(60)31-28-39(2)59)51(63-35-41-22-14-10-15-23-41)49(46(66-56)37-61-34-40-20-12-9-13-21-40)70-57-53(64-36-42-29-30-43-24-18-19-27-45(43)33-42)52(71-72(6,7)58(3,4)5)50-47(67-57)38-65-55(69-50)44-25-16-11-17-26-44/h8-27,29-30,33,46-47,49-57H,1,28,31-32,34-38H2,2-7H3/t46-,47-,49-,50-,51+,52+,53+,54+,55?,56+,57+/m1/s1. The summed E-state index contributed by atoms with van der Waals surface area (Å²) in [4.78, 5) is 25.8. The van der Waals surface area contributed by atoms with Gasteiger partial charge in [0.25, 0.3) is 0 Å². The molecule has 3 fully saturated rings. The van der Waals surface area contributed by atoms with Crippen LogP contribution in [0.15, 0.2) is 146 Å². The molecule has 0 radical (unpaired) electrons. The minimum Gasteiger partial charge on any atom is -0.454 e. The number of hydrogen-bond acceptors (Lipinski definition) is 13. The molecule has 14 heteroatoms. The number of Topliss-reactive ketones (excluding diaryl/α,β-unsaturated/α-hetero) is 1. The number of carbonyl (C=O) groups is 2. The van der Waals surface area contributed by atoms with Crippen LogP contribution in [-0.4, -0.2) is 101 Å². The van der Waals surface area contributed by atoms with E-state index in [4.69, 9.17) is 51.8 Å². The van der Waals surface area contributed by atoms with Gasteiger partial charge in [0.05, 0.1) is 46.1 Å². The zero-order valence-electron chi connectivity index (χ0n) is 42.3. The molecule has 8 rings (SSSR count). The van der Waals surface area contributed by atoms with Crippen molar-refractivity contribution in [3.63, 3.8) is 0 Å². The van der Waals surface area contributed by atoms with Crippen LogP contribution in [0, 0.1) is 0 Å². The van der Waals surface area contributed by atoms with Crippen molar-refractivity contribution in [1.29, 1.82) is 0 Å². The van der Waals surface area contributed by atoms with Crippen LogP contribution >= 0.6 is 0 Å². The number of ketones is 1. The minimum absolute atomic E-state index is 0.00437.